The molecule has 2 rings (SSSR count). The van der Waals surface area contributed by atoms with Gasteiger partial charge in [-0.2, -0.15) is 5.26 Å². The second-order valence-corrected chi connectivity index (χ2v) is 6.18. The maximum absolute atomic E-state index is 12.5. The minimum atomic E-state index is 0.0582. The first-order chi connectivity index (χ1) is 10.6. The lowest BCUT2D eigenvalue weighted by Crippen LogP contribution is -2.37. The third-order valence-electron chi connectivity index (χ3n) is 3.75. The van der Waals surface area contributed by atoms with E-state index in [1.807, 2.05) is 35.5 Å². The highest BCUT2D eigenvalue weighted by atomic mass is 32.2. The van der Waals surface area contributed by atoms with Crippen LogP contribution in [0.3, 0.4) is 0 Å². The van der Waals surface area contributed by atoms with Gasteiger partial charge in [0.05, 0.1) is 5.69 Å². The lowest BCUT2D eigenvalue weighted by Gasteiger charge is -2.30. The van der Waals surface area contributed by atoms with Gasteiger partial charge in [0.2, 0.25) is 0 Å². The summed E-state index contributed by atoms with van der Waals surface area (Å²) in [7, 11) is 0. The highest BCUT2D eigenvalue weighted by Crippen LogP contribution is 2.21. The van der Waals surface area contributed by atoms with Gasteiger partial charge in [0, 0.05) is 18.7 Å². The maximum atomic E-state index is 12.5. The van der Waals surface area contributed by atoms with Gasteiger partial charge >= 0.3 is 0 Å². The molecule has 0 atom stereocenters. The number of amidine groups is 1. The zero-order valence-corrected chi connectivity index (χ0v) is 13.7. The zero-order chi connectivity index (χ0) is 15.9. The summed E-state index contributed by atoms with van der Waals surface area (Å²) in [6.45, 7) is 3.86. The molecule has 0 aromatic heterocycles. The first-order valence-corrected chi connectivity index (χ1v) is 8.53. The largest absolute Gasteiger partial charge is 0.339 e. The number of hydrogen-bond donors (Lipinski definition) is 1. The predicted octanol–water partition coefficient (Wildman–Crippen LogP) is 2.98. The molecular formula is C16H20N4OS. The Kier molecular flexibility index (Phi) is 5.84. The molecule has 0 aliphatic carbocycles. The van der Waals surface area contributed by atoms with E-state index in [-0.39, 0.29) is 5.91 Å². The molecule has 1 N–H and O–H groups in total. The molecule has 1 aliphatic rings. The molecule has 116 valence electrons. The molecule has 1 heterocycles. The van der Waals surface area contributed by atoms with Gasteiger partial charge in [-0.25, -0.2) is 4.99 Å². The van der Waals surface area contributed by atoms with Crippen LogP contribution in [-0.4, -0.2) is 35.3 Å². The van der Waals surface area contributed by atoms with E-state index in [9.17, 15) is 4.79 Å². The number of aliphatic imine (C=N–C) groups is 1. The first-order valence-electron chi connectivity index (χ1n) is 7.31. The van der Waals surface area contributed by atoms with E-state index in [1.165, 1.54) is 11.8 Å². The van der Waals surface area contributed by atoms with Gasteiger partial charge in [0.1, 0.15) is 0 Å². The summed E-state index contributed by atoms with van der Waals surface area (Å²) in [4.78, 5) is 18.8. The number of hydrogen-bond acceptors (Lipinski definition) is 4. The van der Waals surface area contributed by atoms with Crippen LogP contribution in [0.1, 0.15) is 30.1 Å². The predicted molar refractivity (Wildman–Crippen MR) is 90.1 cm³/mol. The molecule has 0 radical (unpaired) electrons. The van der Waals surface area contributed by atoms with E-state index < -0.39 is 0 Å². The SMILES string of the molecule is CSC(=Nc1cccc(C(=O)N2CCC(C)CC2)c1)NC#N. The van der Waals surface area contributed by atoms with Crippen LogP contribution in [0.2, 0.25) is 0 Å². The van der Waals surface area contributed by atoms with Crippen LogP contribution in [0, 0.1) is 17.4 Å². The average molecular weight is 316 g/mol. The fourth-order valence-electron chi connectivity index (χ4n) is 2.39. The Hall–Kier alpha value is -2.00. The van der Waals surface area contributed by atoms with Crippen LogP contribution in [0.25, 0.3) is 0 Å². The second-order valence-electron chi connectivity index (χ2n) is 5.38. The molecule has 1 fully saturated rings. The summed E-state index contributed by atoms with van der Waals surface area (Å²) >= 11 is 1.35. The molecule has 6 heteroatoms. The van der Waals surface area contributed by atoms with Gasteiger partial charge < -0.3 is 4.90 Å². The topological polar surface area (TPSA) is 68.5 Å². The van der Waals surface area contributed by atoms with Crippen molar-refractivity contribution in [2.24, 2.45) is 10.9 Å². The number of carbonyl (C=O) groups is 1. The number of likely N-dealkylation sites (tertiary alicyclic amines) is 1. The van der Waals surface area contributed by atoms with Crippen LogP contribution in [0.15, 0.2) is 29.3 Å². The van der Waals surface area contributed by atoms with Crippen molar-refractivity contribution in [2.45, 2.75) is 19.8 Å². The summed E-state index contributed by atoms with van der Waals surface area (Å²) in [6, 6.07) is 7.23. The number of nitrogens with zero attached hydrogens (tertiary/aromatic N) is 3. The first kappa shape index (κ1) is 16.4. The minimum absolute atomic E-state index is 0.0582. The van der Waals surface area contributed by atoms with Gasteiger partial charge in [-0.15, -0.1) is 0 Å². The van der Waals surface area contributed by atoms with Crippen LogP contribution in [0.5, 0.6) is 0 Å². The molecule has 1 amide bonds. The molecule has 0 unspecified atom stereocenters. The number of piperidine rings is 1. The molecule has 1 saturated heterocycles. The van der Waals surface area contributed by atoms with Crippen molar-refractivity contribution < 1.29 is 4.79 Å². The van der Waals surface area contributed by atoms with Gasteiger partial charge in [0.15, 0.2) is 11.4 Å². The van der Waals surface area contributed by atoms with Crippen molar-refractivity contribution in [2.75, 3.05) is 19.3 Å². The number of nitrogens with one attached hydrogen (secondary N) is 1. The van der Waals surface area contributed by atoms with Crippen molar-refractivity contribution in [1.82, 2.24) is 10.2 Å². The molecule has 0 saturated carbocycles. The van der Waals surface area contributed by atoms with Crippen LogP contribution < -0.4 is 5.32 Å². The third-order valence-corrected chi connectivity index (χ3v) is 4.33. The molecule has 22 heavy (non-hydrogen) atoms. The Bertz CT molecular complexity index is 600. The van der Waals surface area contributed by atoms with Crippen molar-refractivity contribution in [3.63, 3.8) is 0 Å². The second kappa shape index (κ2) is 7.85. The fourth-order valence-corrected chi connectivity index (χ4v) is 2.74. The Morgan fingerprint density at radius 1 is 1.45 bits per heavy atom. The summed E-state index contributed by atoms with van der Waals surface area (Å²) < 4.78 is 0. The number of amides is 1. The normalized spacial score (nSPS) is 16.2. The van der Waals surface area contributed by atoms with Crippen molar-refractivity contribution in [1.29, 1.82) is 5.26 Å². The Balaban J connectivity index is 2.14. The Labute approximate surface area is 135 Å². The molecule has 0 bridgehead atoms. The minimum Gasteiger partial charge on any atom is -0.339 e. The van der Waals surface area contributed by atoms with Gasteiger partial charge in [-0.1, -0.05) is 24.8 Å². The van der Waals surface area contributed by atoms with E-state index in [0.717, 1.165) is 25.9 Å². The maximum Gasteiger partial charge on any atom is 0.253 e. The van der Waals surface area contributed by atoms with Gasteiger partial charge in [-0.05, 0) is 43.2 Å². The fraction of sp³-hybridized carbons (Fsp3) is 0.438. The molecule has 0 spiro atoms. The highest BCUT2D eigenvalue weighted by Gasteiger charge is 2.21. The number of rotatable bonds is 2. The third kappa shape index (κ3) is 4.25. The Morgan fingerprint density at radius 2 is 2.18 bits per heavy atom. The van der Waals surface area contributed by atoms with Crippen molar-refractivity contribution in [3.05, 3.63) is 29.8 Å². The van der Waals surface area contributed by atoms with E-state index in [0.29, 0.717) is 22.3 Å². The smallest absolute Gasteiger partial charge is 0.253 e. The number of carbonyl (C=O) groups excluding carboxylic acids is 1. The summed E-state index contributed by atoms with van der Waals surface area (Å²) in [5.74, 6) is 0.754. The van der Waals surface area contributed by atoms with E-state index in [1.54, 1.807) is 6.07 Å². The highest BCUT2D eigenvalue weighted by molar-refractivity contribution is 8.13. The van der Waals surface area contributed by atoms with Crippen LogP contribution in [-0.2, 0) is 0 Å². The van der Waals surface area contributed by atoms with Gasteiger partial charge in [0.25, 0.3) is 5.91 Å². The zero-order valence-electron chi connectivity index (χ0n) is 12.9. The van der Waals surface area contributed by atoms with E-state index in [4.69, 9.17) is 5.26 Å². The molecule has 1 aromatic carbocycles. The lowest BCUT2D eigenvalue weighted by atomic mass is 9.98. The standard InChI is InChI=1S/C16H20N4OS/c1-12-6-8-20(9-7-12)15(21)13-4-3-5-14(10-13)19-16(22-2)18-11-17/h3-5,10,12H,6-9H2,1-2H3,(H,18,19). The molecule has 5 nitrogen and oxygen atoms in total. The lowest BCUT2D eigenvalue weighted by molar-refractivity contribution is 0.0697. The Morgan fingerprint density at radius 3 is 2.82 bits per heavy atom. The summed E-state index contributed by atoms with van der Waals surface area (Å²) in [6.07, 6.45) is 5.82. The summed E-state index contributed by atoms with van der Waals surface area (Å²) in [5, 5.41) is 11.7. The number of thioether (sulfide) groups is 1. The molecular weight excluding hydrogens is 296 g/mol. The van der Waals surface area contributed by atoms with Crippen molar-refractivity contribution in [3.8, 4) is 6.19 Å². The average Bonchev–Trinajstić information content (AvgIpc) is 2.55. The van der Waals surface area contributed by atoms with E-state index >= 15 is 0 Å². The monoisotopic (exact) mass is 316 g/mol. The number of nitriles is 1. The van der Waals surface area contributed by atoms with Gasteiger partial charge in [-0.3, -0.25) is 10.1 Å². The quantitative estimate of drug-likeness (QED) is 0.394. The molecule has 1 aromatic rings. The van der Waals surface area contributed by atoms with Crippen LogP contribution >= 0.6 is 11.8 Å². The molecule has 1 aliphatic heterocycles. The summed E-state index contributed by atoms with van der Waals surface area (Å²) in [5.41, 5.74) is 1.32. The number of benzene rings is 1. The van der Waals surface area contributed by atoms with Crippen molar-refractivity contribution >= 4 is 28.5 Å². The van der Waals surface area contributed by atoms with E-state index in [2.05, 4.69) is 17.2 Å². The van der Waals surface area contributed by atoms with Crippen LogP contribution in [0.4, 0.5) is 5.69 Å².